The molecular formula is C12H15N3O5. The molecule has 0 saturated carbocycles. The number of nitrogen functional groups attached to an aromatic ring is 1. The second-order valence-electron chi connectivity index (χ2n) is 4.42. The molecule has 1 aromatic rings. The molecule has 1 amide bonds. The zero-order valence-corrected chi connectivity index (χ0v) is 11.1. The maximum absolute atomic E-state index is 12.3. The third-order valence-electron chi connectivity index (χ3n) is 2.70. The van der Waals surface area contributed by atoms with Gasteiger partial charge >= 0.3 is 5.97 Å². The number of hydrogen-bond acceptors (Lipinski definition) is 5. The highest BCUT2D eigenvalue weighted by molar-refractivity contribution is 6.02. The lowest BCUT2D eigenvalue weighted by atomic mass is 10.1. The lowest BCUT2D eigenvalue weighted by Gasteiger charge is -2.25. The van der Waals surface area contributed by atoms with Crippen molar-refractivity contribution in [2.75, 3.05) is 12.3 Å². The quantitative estimate of drug-likeness (QED) is 0.473. The minimum Gasteiger partial charge on any atom is -0.480 e. The topological polar surface area (TPSA) is 127 Å². The number of carboxylic acid groups (broad SMARTS) is 1. The fourth-order valence-corrected chi connectivity index (χ4v) is 1.69. The minimum absolute atomic E-state index is 0.0749. The Morgan fingerprint density at radius 1 is 1.45 bits per heavy atom. The number of nitrogens with two attached hydrogens (primary N) is 1. The van der Waals surface area contributed by atoms with E-state index in [9.17, 15) is 19.7 Å². The Bertz CT molecular complexity index is 556. The van der Waals surface area contributed by atoms with Gasteiger partial charge in [-0.05, 0) is 19.9 Å². The number of aliphatic carboxylic acids is 1. The van der Waals surface area contributed by atoms with Crippen molar-refractivity contribution in [3.63, 3.8) is 0 Å². The first-order chi connectivity index (χ1) is 9.25. The second kappa shape index (κ2) is 6.00. The molecule has 1 aromatic carbocycles. The van der Waals surface area contributed by atoms with Crippen LogP contribution < -0.4 is 5.73 Å². The van der Waals surface area contributed by atoms with Crippen molar-refractivity contribution in [3.8, 4) is 0 Å². The molecule has 8 nitrogen and oxygen atoms in total. The molecule has 0 fully saturated rings. The van der Waals surface area contributed by atoms with Crippen LogP contribution in [0.1, 0.15) is 24.2 Å². The summed E-state index contributed by atoms with van der Waals surface area (Å²) < 4.78 is 0. The van der Waals surface area contributed by atoms with E-state index in [0.717, 1.165) is 4.90 Å². The first-order valence-electron chi connectivity index (χ1n) is 5.81. The van der Waals surface area contributed by atoms with E-state index in [1.807, 2.05) is 0 Å². The zero-order valence-electron chi connectivity index (χ0n) is 11.1. The third kappa shape index (κ3) is 3.22. The second-order valence-corrected chi connectivity index (χ2v) is 4.42. The fraction of sp³-hybridized carbons (Fsp3) is 0.333. The van der Waals surface area contributed by atoms with Crippen molar-refractivity contribution in [2.45, 2.75) is 19.9 Å². The molecule has 1 rings (SSSR count). The van der Waals surface area contributed by atoms with E-state index in [4.69, 9.17) is 10.8 Å². The lowest BCUT2D eigenvalue weighted by Crippen LogP contribution is -2.41. The molecule has 0 radical (unpaired) electrons. The summed E-state index contributed by atoms with van der Waals surface area (Å²) in [6.45, 7) is 2.79. The average molecular weight is 281 g/mol. The molecule has 20 heavy (non-hydrogen) atoms. The van der Waals surface area contributed by atoms with Gasteiger partial charge in [0.2, 0.25) is 0 Å². The molecule has 0 bridgehead atoms. The van der Waals surface area contributed by atoms with Gasteiger partial charge in [0, 0.05) is 12.1 Å². The first kappa shape index (κ1) is 15.4. The van der Waals surface area contributed by atoms with E-state index in [0.29, 0.717) is 0 Å². The van der Waals surface area contributed by atoms with Crippen LogP contribution in [0.25, 0.3) is 0 Å². The molecule has 0 aliphatic carbocycles. The standard InChI is InChI=1S/C12H15N3O5/c1-7(2)14(6-10(16)17)12(18)8-4-3-5-9(11(8)13)15(19)20/h3-5,7H,6,13H2,1-2H3,(H,16,17). The monoisotopic (exact) mass is 281 g/mol. The number of hydrogen-bond donors (Lipinski definition) is 2. The van der Waals surface area contributed by atoms with Crippen molar-refractivity contribution in [1.82, 2.24) is 4.90 Å². The first-order valence-corrected chi connectivity index (χ1v) is 5.81. The Kier molecular flexibility index (Phi) is 4.63. The Morgan fingerprint density at radius 2 is 2.05 bits per heavy atom. The molecule has 8 heteroatoms. The number of nitro benzene ring substituents is 1. The van der Waals surface area contributed by atoms with Gasteiger partial charge in [-0.15, -0.1) is 0 Å². The van der Waals surface area contributed by atoms with E-state index in [-0.39, 0.29) is 23.0 Å². The summed E-state index contributed by atoms with van der Waals surface area (Å²) in [5.74, 6) is -1.82. The van der Waals surface area contributed by atoms with Gasteiger partial charge in [0.15, 0.2) is 0 Å². The van der Waals surface area contributed by atoms with Gasteiger partial charge in [0.1, 0.15) is 12.2 Å². The van der Waals surface area contributed by atoms with E-state index in [2.05, 4.69) is 0 Å². The molecule has 0 aromatic heterocycles. The van der Waals surface area contributed by atoms with Gasteiger partial charge in [-0.2, -0.15) is 0 Å². The van der Waals surface area contributed by atoms with Crippen LogP contribution in [-0.4, -0.2) is 39.4 Å². The average Bonchev–Trinajstić information content (AvgIpc) is 2.34. The number of carbonyl (C=O) groups is 2. The van der Waals surface area contributed by atoms with E-state index < -0.39 is 23.3 Å². The number of para-hydroxylation sites is 1. The van der Waals surface area contributed by atoms with E-state index >= 15 is 0 Å². The Morgan fingerprint density at radius 3 is 2.50 bits per heavy atom. The largest absolute Gasteiger partial charge is 0.480 e. The molecule has 3 N–H and O–H groups in total. The highest BCUT2D eigenvalue weighted by Crippen LogP contribution is 2.26. The molecule has 0 spiro atoms. The molecule has 0 atom stereocenters. The highest BCUT2D eigenvalue weighted by Gasteiger charge is 2.26. The van der Waals surface area contributed by atoms with Crippen molar-refractivity contribution < 1.29 is 19.6 Å². The predicted octanol–water partition coefficient (Wildman–Crippen LogP) is 1.11. The van der Waals surface area contributed by atoms with E-state index in [1.165, 1.54) is 18.2 Å². The van der Waals surface area contributed by atoms with Gasteiger partial charge in [-0.1, -0.05) is 6.07 Å². The van der Waals surface area contributed by atoms with Crippen LogP contribution in [0.5, 0.6) is 0 Å². The van der Waals surface area contributed by atoms with Crippen molar-refractivity contribution in [3.05, 3.63) is 33.9 Å². The summed E-state index contributed by atoms with van der Waals surface area (Å²) in [4.78, 5) is 34.2. The van der Waals surface area contributed by atoms with Crippen LogP contribution in [0.3, 0.4) is 0 Å². The molecular weight excluding hydrogens is 266 g/mol. The lowest BCUT2D eigenvalue weighted by molar-refractivity contribution is -0.383. The number of anilines is 1. The van der Waals surface area contributed by atoms with Crippen LogP contribution in [0, 0.1) is 10.1 Å². The molecule has 0 unspecified atom stereocenters. The van der Waals surface area contributed by atoms with Crippen molar-refractivity contribution in [1.29, 1.82) is 0 Å². The number of carbonyl (C=O) groups excluding carboxylic acids is 1. The van der Waals surface area contributed by atoms with E-state index in [1.54, 1.807) is 13.8 Å². The summed E-state index contributed by atoms with van der Waals surface area (Å²) in [5.41, 5.74) is 4.90. The van der Waals surface area contributed by atoms with Gasteiger partial charge < -0.3 is 15.7 Å². The number of benzene rings is 1. The molecule has 0 aliphatic heterocycles. The predicted molar refractivity (Wildman–Crippen MR) is 71.3 cm³/mol. The summed E-state index contributed by atoms with van der Waals surface area (Å²) >= 11 is 0. The SMILES string of the molecule is CC(C)N(CC(=O)O)C(=O)c1cccc([N+](=O)[O-])c1N. The smallest absolute Gasteiger partial charge is 0.323 e. The Hall–Kier alpha value is -2.64. The maximum atomic E-state index is 12.3. The van der Waals surface area contributed by atoms with Gasteiger partial charge in [-0.25, -0.2) is 0 Å². The van der Waals surface area contributed by atoms with Crippen LogP contribution in [-0.2, 0) is 4.79 Å². The van der Waals surface area contributed by atoms with Crippen molar-refractivity contribution >= 4 is 23.3 Å². The summed E-state index contributed by atoms with van der Waals surface area (Å²) in [6.07, 6.45) is 0. The number of carboxylic acids is 1. The molecule has 0 saturated heterocycles. The van der Waals surface area contributed by atoms with Gasteiger partial charge in [-0.3, -0.25) is 19.7 Å². The minimum atomic E-state index is -1.17. The summed E-state index contributed by atoms with van der Waals surface area (Å²) in [7, 11) is 0. The van der Waals surface area contributed by atoms with Gasteiger partial charge in [0.05, 0.1) is 10.5 Å². The molecule has 108 valence electrons. The fourth-order valence-electron chi connectivity index (χ4n) is 1.69. The number of nitrogens with zero attached hydrogens (tertiary/aromatic N) is 2. The van der Waals surface area contributed by atoms with Crippen LogP contribution in [0.4, 0.5) is 11.4 Å². The van der Waals surface area contributed by atoms with Crippen LogP contribution in [0.2, 0.25) is 0 Å². The normalized spacial score (nSPS) is 10.3. The van der Waals surface area contributed by atoms with Crippen LogP contribution >= 0.6 is 0 Å². The number of rotatable bonds is 5. The summed E-state index contributed by atoms with van der Waals surface area (Å²) in [5, 5.41) is 19.6. The van der Waals surface area contributed by atoms with Gasteiger partial charge in [0.25, 0.3) is 11.6 Å². The number of amides is 1. The molecule has 0 aliphatic rings. The maximum Gasteiger partial charge on any atom is 0.323 e. The highest BCUT2D eigenvalue weighted by atomic mass is 16.6. The number of nitro groups is 1. The van der Waals surface area contributed by atoms with Crippen LogP contribution in [0.15, 0.2) is 18.2 Å². The Labute approximate surface area is 114 Å². The third-order valence-corrected chi connectivity index (χ3v) is 2.70. The Balaban J connectivity index is 3.22. The zero-order chi connectivity index (χ0) is 15.4. The summed E-state index contributed by atoms with van der Waals surface area (Å²) in [6, 6.07) is 3.48. The molecule has 0 heterocycles. The van der Waals surface area contributed by atoms with Crippen molar-refractivity contribution in [2.24, 2.45) is 0 Å².